The second kappa shape index (κ2) is 33.7. The van der Waals surface area contributed by atoms with Crippen LogP contribution in [0.2, 0.25) is 0 Å². The monoisotopic (exact) mass is 726 g/mol. The summed E-state index contributed by atoms with van der Waals surface area (Å²) in [5.41, 5.74) is 21.8. The molecule has 0 fully saturated rings. The second-order valence-corrected chi connectivity index (χ2v) is 11.9. The first kappa shape index (κ1) is 47.6. The fourth-order valence-corrected chi connectivity index (χ4v) is 4.80. The Morgan fingerprint density at radius 1 is 0.431 bits per heavy atom. The Hall–Kier alpha value is -3.41. The third kappa shape index (κ3) is 30.0. The van der Waals surface area contributed by atoms with E-state index in [-0.39, 0.29) is 48.8 Å². The van der Waals surface area contributed by atoms with Gasteiger partial charge in [-0.1, -0.05) is 5.92 Å². The fourth-order valence-electron chi connectivity index (χ4n) is 4.80. The van der Waals surface area contributed by atoms with E-state index < -0.39 is 0 Å². The molecule has 0 bridgehead atoms. The second-order valence-electron chi connectivity index (χ2n) is 11.9. The average Bonchev–Trinajstić information content (AvgIpc) is 3.12. The molecule has 14 N–H and O–H groups in total. The zero-order valence-corrected chi connectivity index (χ0v) is 30.7. The number of carbonyl (C=O) groups is 5. The number of nitrogens with two attached hydrogens (primary N) is 4. The van der Waals surface area contributed by atoms with E-state index >= 15 is 0 Å². The van der Waals surface area contributed by atoms with Crippen molar-refractivity contribution in [3.05, 3.63) is 0 Å². The van der Waals surface area contributed by atoms with Crippen LogP contribution < -0.4 is 54.8 Å². The van der Waals surface area contributed by atoms with Gasteiger partial charge in [-0.2, -0.15) is 0 Å². The molecule has 18 nitrogen and oxygen atoms in total. The van der Waals surface area contributed by atoms with Gasteiger partial charge in [0.1, 0.15) is 0 Å². The molecule has 0 aliphatic carbocycles. The summed E-state index contributed by atoms with van der Waals surface area (Å²) in [6.45, 7) is 9.67. The minimum Gasteiger partial charge on any atom is -0.355 e. The molecule has 0 spiro atoms. The van der Waals surface area contributed by atoms with E-state index in [1.807, 2.05) is 4.90 Å². The molecule has 0 aromatic heterocycles. The normalized spacial score (nSPS) is 11.0. The molecule has 0 unspecified atom stereocenters. The van der Waals surface area contributed by atoms with Crippen molar-refractivity contribution in [1.82, 2.24) is 46.6 Å². The largest absolute Gasteiger partial charge is 0.355 e. The van der Waals surface area contributed by atoms with E-state index in [1.54, 1.807) is 0 Å². The van der Waals surface area contributed by atoms with Gasteiger partial charge in [-0.15, -0.1) is 6.42 Å². The number of hydrogen-bond acceptors (Lipinski definition) is 13. The maximum atomic E-state index is 12.6. The SMILES string of the molecule is C#CCN(CCCNCCN(CCC(=O)NCCN)CCC(=O)NCCN)CCC(=O)NCCN(CCC(=O)NCCN)CCC(=O)NCCN. The number of rotatable bonds is 34. The van der Waals surface area contributed by atoms with Gasteiger partial charge in [0.25, 0.3) is 0 Å². The van der Waals surface area contributed by atoms with Crippen LogP contribution >= 0.6 is 0 Å². The maximum Gasteiger partial charge on any atom is 0.221 e. The molecule has 294 valence electrons. The molecule has 0 radical (unpaired) electrons. The Morgan fingerprint density at radius 3 is 1.12 bits per heavy atom. The summed E-state index contributed by atoms with van der Waals surface area (Å²) in [7, 11) is 0. The average molecular weight is 726 g/mol. The first-order chi connectivity index (χ1) is 24.7. The predicted molar refractivity (Wildman–Crippen MR) is 200 cm³/mol. The summed E-state index contributed by atoms with van der Waals surface area (Å²) in [4.78, 5) is 67.0. The molecule has 0 aromatic rings. The molecular formula is C33H67N13O5. The molecule has 51 heavy (non-hydrogen) atoms. The van der Waals surface area contributed by atoms with Crippen molar-refractivity contribution >= 4 is 29.5 Å². The number of nitrogens with zero attached hydrogens (tertiary/aromatic N) is 3. The molecule has 0 heterocycles. The van der Waals surface area contributed by atoms with Crippen molar-refractivity contribution < 1.29 is 24.0 Å². The molecule has 0 aromatic carbocycles. The Morgan fingerprint density at radius 2 is 0.765 bits per heavy atom. The van der Waals surface area contributed by atoms with Gasteiger partial charge in [0.15, 0.2) is 0 Å². The fraction of sp³-hybridized carbons (Fsp3) is 0.788. The Bertz CT molecular complexity index is 951. The van der Waals surface area contributed by atoms with Crippen LogP contribution in [0, 0.1) is 12.3 Å². The highest BCUT2D eigenvalue weighted by atomic mass is 16.2. The Balaban J connectivity index is 4.62. The molecule has 0 rings (SSSR count). The zero-order chi connectivity index (χ0) is 38.0. The number of amides is 5. The van der Waals surface area contributed by atoms with Crippen LogP contribution in [0.25, 0.3) is 0 Å². The predicted octanol–water partition coefficient (Wildman–Crippen LogP) is -5.13. The van der Waals surface area contributed by atoms with Crippen LogP contribution in [-0.2, 0) is 24.0 Å². The van der Waals surface area contributed by atoms with Gasteiger partial charge >= 0.3 is 0 Å². The molecular weight excluding hydrogens is 658 g/mol. The van der Waals surface area contributed by atoms with Crippen molar-refractivity contribution in [2.45, 2.75) is 38.5 Å². The van der Waals surface area contributed by atoms with Gasteiger partial charge in [0.05, 0.1) is 6.54 Å². The third-order valence-corrected chi connectivity index (χ3v) is 7.64. The van der Waals surface area contributed by atoms with Crippen LogP contribution in [-0.4, -0.2) is 175 Å². The lowest BCUT2D eigenvalue weighted by Crippen LogP contribution is -2.40. The topological polar surface area (TPSA) is 271 Å². The van der Waals surface area contributed by atoms with Gasteiger partial charge in [0.2, 0.25) is 29.5 Å². The van der Waals surface area contributed by atoms with Gasteiger partial charge in [-0.3, -0.25) is 28.9 Å². The van der Waals surface area contributed by atoms with Gasteiger partial charge in [-0.25, -0.2) is 0 Å². The number of nitrogens with one attached hydrogen (secondary N) is 6. The lowest BCUT2D eigenvalue weighted by Gasteiger charge is -2.23. The van der Waals surface area contributed by atoms with E-state index in [0.717, 1.165) is 13.0 Å². The maximum absolute atomic E-state index is 12.6. The van der Waals surface area contributed by atoms with Crippen LogP contribution in [0.5, 0.6) is 0 Å². The lowest BCUT2D eigenvalue weighted by atomic mass is 10.3. The molecule has 18 heteroatoms. The van der Waals surface area contributed by atoms with E-state index in [4.69, 9.17) is 29.4 Å². The van der Waals surface area contributed by atoms with Crippen molar-refractivity contribution in [2.75, 3.05) is 131 Å². The minimum atomic E-state index is -0.117. The molecule has 0 atom stereocenters. The summed E-state index contributed by atoms with van der Waals surface area (Å²) < 4.78 is 0. The van der Waals surface area contributed by atoms with Crippen LogP contribution in [0.4, 0.5) is 0 Å². The quantitative estimate of drug-likeness (QED) is 0.0220. The van der Waals surface area contributed by atoms with Crippen LogP contribution in [0.3, 0.4) is 0 Å². The highest BCUT2D eigenvalue weighted by Gasteiger charge is 2.13. The summed E-state index contributed by atoms with van der Waals surface area (Å²) >= 11 is 0. The standard InChI is InChI=1S/C33H67N13O5/c1-2-20-44(21-3-13-38-18-27-45(23-5-29(47)39-14-9-34)24-6-30(48)40-15-10-35)22-4-33(51)43-19-28-46(25-7-31(49)41-16-11-36)26-8-32(50)42-17-12-37/h1,38H,3-28,34-37H2,(H,39,47)(H,40,48)(H,41,49)(H,42,50)(H,43,51). The highest BCUT2D eigenvalue weighted by molar-refractivity contribution is 5.77. The third-order valence-electron chi connectivity index (χ3n) is 7.64. The summed E-state index contributed by atoms with van der Waals surface area (Å²) in [5.74, 6) is 2.17. The highest BCUT2D eigenvalue weighted by Crippen LogP contribution is 1.98. The van der Waals surface area contributed by atoms with Crippen molar-refractivity contribution in [1.29, 1.82) is 0 Å². The van der Waals surface area contributed by atoms with Crippen LogP contribution in [0.15, 0.2) is 0 Å². The summed E-state index contributed by atoms with van der Waals surface area (Å²) in [5, 5.41) is 17.4. The van der Waals surface area contributed by atoms with E-state index in [1.165, 1.54) is 0 Å². The molecule has 0 saturated carbocycles. The van der Waals surface area contributed by atoms with Crippen LogP contribution in [0.1, 0.15) is 38.5 Å². The van der Waals surface area contributed by atoms with Crippen molar-refractivity contribution in [3.63, 3.8) is 0 Å². The molecule has 5 amide bonds. The van der Waals surface area contributed by atoms with Gasteiger partial charge < -0.3 is 64.6 Å². The Labute approximate surface area is 304 Å². The van der Waals surface area contributed by atoms with Crippen molar-refractivity contribution in [3.8, 4) is 12.3 Å². The Kier molecular flexibility index (Phi) is 31.5. The van der Waals surface area contributed by atoms with E-state index in [2.05, 4.69) is 47.6 Å². The van der Waals surface area contributed by atoms with E-state index in [0.29, 0.717) is 137 Å². The van der Waals surface area contributed by atoms with Gasteiger partial charge in [0, 0.05) is 150 Å². The first-order valence-electron chi connectivity index (χ1n) is 18.1. The molecule has 0 aliphatic rings. The zero-order valence-electron chi connectivity index (χ0n) is 30.7. The van der Waals surface area contributed by atoms with Crippen molar-refractivity contribution in [2.24, 2.45) is 22.9 Å². The minimum absolute atomic E-state index is 0.0735. The lowest BCUT2D eigenvalue weighted by molar-refractivity contribution is -0.123. The van der Waals surface area contributed by atoms with E-state index in [9.17, 15) is 24.0 Å². The number of carbonyl (C=O) groups excluding carboxylic acids is 5. The number of terminal acetylenes is 1. The molecule has 0 saturated heterocycles. The van der Waals surface area contributed by atoms with Gasteiger partial charge in [-0.05, 0) is 13.0 Å². The first-order valence-corrected chi connectivity index (χ1v) is 18.1. The summed E-state index contributed by atoms with van der Waals surface area (Å²) in [6.07, 6.45) is 7.84. The molecule has 0 aliphatic heterocycles. The summed E-state index contributed by atoms with van der Waals surface area (Å²) in [6, 6.07) is 0. The smallest absolute Gasteiger partial charge is 0.221 e. The number of hydrogen-bond donors (Lipinski definition) is 10.